The summed E-state index contributed by atoms with van der Waals surface area (Å²) in [5.41, 5.74) is 3.18. The van der Waals surface area contributed by atoms with Gasteiger partial charge in [-0.15, -0.1) is 23.7 Å². The Bertz CT molecular complexity index is 985. The highest BCUT2D eigenvalue weighted by Gasteiger charge is 2.10. The first kappa shape index (κ1) is 17.2. The predicted octanol–water partition coefficient (Wildman–Crippen LogP) is 5.91. The van der Waals surface area contributed by atoms with E-state index in [0.717, 1.165) is 33.0 Å². The second-order valence-electron chi connectivity index (χ2n) is 5.47. The molecule has 0 aliphatic rings. The maximum Gasteiger partial charge on any atom is 0.230 e. The van der Waals surface area contributed by atoms with Crippen LogP contribution in [-0.4, -0.2) is 9.97 Å². The van der Waals surface area contributed by atoms with E-state index in [1.807, 2.05) is 60.0 Å². The topological polar surface area (TPSA) is 49.8 Å². The van der Waals surface area contributed by atoms with Gasteiger partial charge in [-0.05, 0) is 42.1 Å². The summed E-state index contributed by atoms with van der Waals surface area (Å²) in [6.07, 6.45) is 0. The van der Waals surface area contributed by atoms with Crippen molar-refractivity contribution in [1.29, 1.82) is 0 Å². The average molecular weight is 369 g/mol. The molecule has 4 nitrogen and oxygen atoms in total. The van der Waals surface area contributed by atoms with Gasteiger partial charge in [0.2, 0.25) is 5.95 Å². The third-order valence-electron chi connectivity index (χ3n) is 3.75. The van der Waals surface area contributed by atoms with E-state index in [1.54, 1.807) is 11.3 Å². The molecule has 126 valence electrons. The average Bonchev–Trinajstić information content (AvgIpc) is 3.07. The van der Waals surface area contributed by atoms with Crippen LogP contribution in [0.15, 0.2) is 66.0 Å². The number of benzene rings is 2. The molecule has 2 aromatic heterocycles. The minimum Gasteiger partial charge on any atom is -0.340 e. The summed E-state index contributed by atoms with van der Waals surface area (Å²) in [6.45, 7) is 2.06. The lowest BCUT2D eigenvalue weighted by Gasteiger charge is -2.11. The van der Waals surface area contributed by atoms with Crippen molar-refractivity contribution in [3.05, 3.63) is 71.6 Å². The molecule has 6 heteroatoms. The van der Waals surface area contributed by atoms with E-state index < -0.39 is 0 Å². The van der Waals surface area contributed by atoms with Crippen LogP contribution < -0.4 is 10.6 Å². The summed E-state index contributed by atoms with van der Waals surface area (Å²) in [5.74, 6) is 1.40. The molecule has 0 unspecified atom stereocenters. The summed E-state index contributed by atoms with van der Waals surface area (Å²) >= 11 is 1.61. The van der Waals surface area contributed by atoms with Crippen LogP contribution in [0, 0.1) is 6.92 Å². The van der Waals surface area contributed by atoms with Crippen molar-refractivity contribution >= 4 is 57.1 Å². The molecule has 2 heterocycles. The molecule has 25 heavy (non-hydrogen) atoms. The molecule has 4 rings (SSSR count). The number of nitrogens with one attached hydrogen (secondary N) is 2. The van der Waals surface area contributed by atoms with Crippen LogP contribution in [0.1, 0.15) is 5.56 Å². The zero-order chi connectivity index (χ0) is 16.4. The van der Waals surface area contributed by atoms with Crippen LogP contribution in [0.5, 0.6) is 0 Å². The van der Waals surface area contributed by atoms with Crippen molar-refractivity contribution in [2.45, 2.75) is 6.92 Å². The van der Waals surface area contributed by atoms with Gasteiger partial charge in [-0.25, -0.2) is 4.98 Å². The number of thiophene rings is 1. The molecule has 2 N–H and O–H groups in total. The Morgan fingerprint density at radius 3 is 2.40 bits per heavy atom. The molecular weight excluding hydrogens is 352 g/mol. The van der Waals surface area contributed by atoms with E-state index in [9.17, 15) is 0 Å². The van der Waals surface area contributed by atoms with Gasteiger partial charge in [-0.2, -0.15) is 4.98 Å². The number of rotatable bonds is 4. The first-order valence-corrected chi connectivity index (χ1v) is 8.57. The van der Waals surface area contributed by atoms with E-state index in [2.05, 4.69) is 33.6 Å². The normalized spacial score (nSPS) is 10.3. The van der Waals surface area contributed by atoms with Crippen LogP contribution in [0.4, 0.5) is 23.1 Å². The highest BCUT2D eigenvalue weighted by atomic mass is 35.5. The quantitative estimate of drug-likeness (QED) is 0.470. The van der Waals surface area contributed by atoms with Gasteiger partial charge in [0.1, 0.15) is 10.6 Å². The summed E-state index contributed by atoms with van der Waals surface area (Å²) < 4.78 is 0. The molecule has 0 amide bonds. The number of halogens is 1. The first-order valence-electron chi connectivity index (χ1n) is 7.69. The lowest BCUT2D eigenvalue weighted by molar-refractivity contribution is 1.21. The number of nitrogens with zero attached hydrogens (tertiary/aromatic N) is 2. The molecule has 0 spiro atoms. The van der Waals surface area contributed by atoms with Gasteiger partial charge in [-0.1, -0.05) is 36.4 Å². The molecule has 0 bridgehead atoms. The first-order chi connectivity index (χ1) is 11.8. The fraction of sp³-hybridized carbons (Fsp3) is 0.0526. The van der Waals surface area contributed by atoms with Gasteiger partial charge in [0.05, 0.1) is 5.39 Å². The molecular formula is C19H17ClN4S. The zero-order valence-electron chi connectivity index (χ0n) is 13.6. The van der Waals surface area contributed by atoms with E-state index in [4.69, 9.17) is 0 Å². The third-order valence-corrected chi connectivity index (χ3v) is 4.56. The number of aryl methyl sites for hydroxylation is 1. The SMILES string of the molecule is Cc1ccccc1Nc1nc(Nc2ccccc2)c2ccsc2n1.Cl. The van der Waals surface area contributed by atoms with Gasteiger partial charge < -0.3 is 10.6 Å². The Morgan fingerprint density at radius 2 is 1.60 bits per heavy atom. The summed E-state index contributed by atoms with van der Waals surface area (Å²) in [7, 11) is 0. The third kappa shape index (κ3) is 3.73. The Labute approximate surface area is 156 Å². The maximum atomic E-state index is 4.68. The maximum absolute atomic E-state index is 4.68. The standard InChI is InChI=1S/C19H16N4S.ClH/c1-13-7-5-6-10-16(13)21-19-22-17(15-11-12-24-18(15)23-19)20-14-8-3-2-4-9-14;/h2-12H,1H3,(H2,20,21,22,23);1H. The van der Waals surface area contributed by atoms with Gasteiger partial charge >= 0.3 is 0 Å². The largest absolute Gasteiger partial charge is 0.340 e. The van der Waals surface area contributed by atoms with Crippen molar-refractivity contribution in [3.63, 3.8) is 0 Å². The molecule has 0 fully saturated rings. The number of hydrogen-bond acceptors (Lipinski definition) is 5. The number of hydrogen-bond donors (Lipinski definition) is 2. The summed E-state index contributed by atoms with van der Waals surface area (Å²) in [5, 5.41) is 9.78. The zero-order valence-corrected chi connectivity index (χ0v) is 15.2. The van der Waals surface area contributed by atoms with Crippen LogP contribution in [0.3, 0.4) is 0 Å². The highest BCUT2D eigenvalue weighted by Crippen LogP contribution is 2.29. The Morgan fingerprint density at radius 1 is 0.840 bits per heavy atom. The molecule has 4 aromatic rings. The van der Waals surface area contributed by atoms with Crippen LogP contribution in [0.2, 0.25) is 0 Å². The minimum atomic E-state index is 0. The fourth-order valence-electron chi connectivity index (χ4n) is 2.50. The predicted molar refractivity (Wildman–Crippen MR) is 109 cm³/mol. The van der Waals surface area contributed by atoms with Crippen LogP contribution in [0.25, 0.3) is 10.2 Å². The van der Waals surface area contributed by atoms with Gasteiger partial charge in [0.25, 0.3) is 0 Å². The number of anilines is 4. The number of aromatic nitrogens is 2. The van der Waals surface area contributed by atoms with Crippen molar-refractivity contribution in [2.75, 3.05) is 10.6 Å². The van der Waals surface area contributed by atoms with Crippen molar-refractivity contribution in [2.24, 2.45) is 0 Å². The van der Waals surface area contributed by atoms with E-state index in [0.29, 0.717) is 5.95 Å². The Hall–Kier alpha value is -2.63. The molecule has 0 aliphatic heterocycles. The van der Waals surface area contributed by atoms with Gasteiger partial charge in [0.15, 0.2) is 0 Å². The second kappa shape index (κ2) is 7.51. The molecule has 0 radical (unpaired) electrons. The molecule has 0 saturated heterocycles. The van der Waals surface area contributed by atoms with Crippen LogP contribution >= 0.6 is 23.7 Å². The fourth-order valence-corrected chi connectivity index (χ4v) is 3.26. The number of fused-ring (bicyclic) bond motifs is 1. The lowest BCUT2D eigenvalue weighted by Crippen LogP contribution is -2.02. The highest BCUT2D eigenvalue weighted by molar-refractivity contribution is 7.16. The minimum absolute atomic E-state index is 0. The van der Waals surface area contributed by atoms with Crippen molar-refractivity contribution in [1.82, 2.24) is 9.97 Å². The second-order valence-corrected chi connectivity index (χ2v) is 6.36. The van der Waals surface area contributed by atoms with Crippen molar-refractivity contribution < 1.29 is 0 Å². The van der Waals surface area contributed by atoms with E-state index >= 15 is 0 Å². The summed E-state index contributed by atoms with van der Waals surface area (Å²) in [4.78, 5) is 10.3. The van der Waals surface area contributed by atoms with Gasteiger partial charge in [0, 0.05) is 11.4 Å². The van der Waals surface area contributed by atoms with Gasteiger partial charge in [-0.3, -0.25) is 0 Å². The molecule has 2 aromatic carbocycles. The molecule has 0 aliphatic carbocycles. The van der Waals surface area contributed by atoms with E-state index in [1.165, 1.54) is 0 Å². The monoisotopic (exact) mass is 368 g/mol. The van der Waals surface area contributed by atoms with Crippen LogP contribution in [-0.2, 0) is 0 Å². The lowest BCUT2D eigenvalue weighted by atomic mass is 10.2. The summed E-state index contributed by atoms with van der Waals surface area (Å²) in [6, 6.07) is 20.2. The Balaban J connectivity index is 0.00000182. The molecule has 0 saturated carbocycles. The molecule has 0 atom stereocenters. The van der Waals surface area contributed by atoms with Crippen molar-refractivity contribution in [3.8, 4) is 0 Å². The van der Waals surface area contributed by atoms with E-state index in [-0.39, 0.29) is 12.4 Å². The number of para-hydroxylation sites is 2. The Kier molecular flexibility index (Phi) is 5.16. The smallest absolute Gasteiger partial charge is 0.230 e.